The molecule has 0 aliphatic carbocycles. The largest absolute Gasteiger partial charge is 0.500 e. The van der Waals surface area contributed by atoms with Crippen molar-refractivity contribution < 1.29 is 17.9 Å². The lowest BCUT2D eigenvalue weighted by Gasteiger charge is -2.15. The first kappa shape index (κ1) is 18.0. The first-order chi connectivity index (χ1) is 13.0. The highest BCUT2D eigenvalue weighted by Gasteiger charge is 2.26. The third-order valence-electron chi connectivity index (χ3n) is 4.49. The van der Waals surface area contributed by atoms with Gasteiger partial charge >= 0.3 is 0 Å². The van der Waals surface area contributed by atoms with E-state index in [-0.39, 0.29) is 15.7 Å². The van der Waals surface area contributed by atoms with Crippen LogP contribution in [0.2, 0.25) is 0 Å². The van der Waals surface area contributed by atoms with Crippen LogP contribution in [0.15, 0.2) is 75.1 Å². The van der Waals surface area contributed by atoms with Crippen molar-refractivity contribution in [2.45, 2.75) is 15.7 Å². The highest BCUT2D eigenvalue weighted by Crippen LogP contribution is 2.38. The summed E-state index contributed by atoms with van der Waals surface area (Å²) in [5, 5.41) is 0.540. The Morgan fingerprint density at radius 2 is 1.96 bits per heavy atom. The summed E-state index contributed by atoms with van der Waals surface area (Å²) in [6.45, 7) is 0.435. The summed E-state index contributed by atoms with van der Waals surface area (Å²) in [5.41, 5.74) is 1.18. The Bertz CT molecular complexity index is 1140. The van der Waals surface area contributed by atoms with Gasteiger partial charge in [0.1, 0.15) is 5.75 Å². The van der Waals surface area contributed by atoms with Crippen molar-refractivity contribution >= 4 is 36.7 Å². The molecule has 1 aliphatic rings. The van der Waals surface area contributed by atoms with Crippen LogP contribution in [0, 0.1) is 0 Å². The van der Waals surface area contributed by atoms with Gasteiger partial charge in [0, 0.05) is 5.39 Å². The Balaban J connectivity index is 2.04. The molecule has 0 bridgehead atoms. The predicted octanol–water partition coefficient (Wildman–Crippen LogP) is 4.47. The Morgan fingerprint density at radius 3 is 2.63 bits per heavy atom. The number of benzene rings is 2. The van der Waals surface area contributed by atoms with Gasteiger partial charge in [-0.15, -0.1) is 0 Å². The van der Waals surface area contributed by atoms with Gasteiger partial charge in [0.2, 0.25) is 9.84 Å². The van der Waals surface area contributed by atoms with E-state index in [1.165, 1.54) is 0 Å². The van der Waals surface area contributed by atoms with E-state index in [1.807, 2.05) is 6.08 Å². The van der Waals surface area contributed by atoms with Crippen molar-refractivity contribution in [3.05, 3.63) is 71.0 Å². The molecule has 1 aliphatic heterocycles. The summed E-state index contributed by atoms with van der Waals surface area (Å²) < 4.78 is 38.0. The molecule has 3 aromatic rings. The molecule has 4 rings (SSSR count). The van der Waals surface area contributed by atoms with Crippen LogP contribution >= 0.6 is 15.9 Å². The maximum atomic E-state index is 13.4. The molecule has 0 N–H and O–H groups in total. The molecule has 0 spiro atoms. The van der Waals surface area contributed by atoms with Crippen LogP contribution in [0.3, 0.4) is 0 Å². The molecule has 0 saturated carbocycles. The molecule has 2 heterocycles. The minimum Gasteiger partial charge on any atom is -0.500 e. The maximum Gasteiger partial charge on any atom is 0.207 e. The average Bonchev–Trinajstić information content (AvgIpc) is 3.23. The topological polar surface area (TPSA) is 65.5 Å². The lowest BCUT2D eigenvalue weighted by molar-refractivity contribution is 0.268. The zero-order valence-electron chi connectivity index (χ0n) is 14.4. The van der Waals surface area contributed by atoms with Crippen molar-refractivity contribution in [2.24, 2.45) is 0 Å². The number of hydrogen-bond acceptors (Lipinski definition) is 5. The first-order valence-corrected chi connectivity index (χ1v) is 10.6. The van der Waals surface area contributed by atoms with Gasteiger partial charge in [-0.05, 0) is 52.3 Å². The number of halogens is 1. The van der Waals surface area contributed by atoms with Gasteiger partial charge in [-0.3, -0.25) is 4.98 Å². The average molecular weight is 446 g/mol. The van der Waals surface area contributed by atoms with Crippen LogP contribution in [0.5, 0.6) is 5.75 Å². The lowest BCUT2D eigenvalue weighted by Crippen LogP contribution is -2.08. The number of nitrogens with zero attached hydrogens (tertiary/aromatic N) is 1. The molecular formula is C20H16BrNO4S. The van der Waals surface area contributed by atoms with Gasteiger partial charge in [-0.1, -0.05) is 18.2 Å². The number of fused-ring (bicyclic) bond motifs is 1. The minimum absolute atomic E-state index is 0.0998. The molecule has 0 radical (unpaired) electrons. The molecule has 1 unspecified atom stereocenters. The fraction of sp³-hybridized carbons (Fsp3) is 0.150. The lowest BCUT2D eigenvalue weighted by atomic mass is 10.1. The van der Waals surface area contributed by atoms with Crippen LogP contribution < -0.4 is 4.74 Å². The van der Waals surface area contributed by atoms with Crippen LogP contribution in [0.4, 0.5) is 0 Å². The van der Waals surface area contributed by atoms with Gasteiger partial charge < -0.3 is 9.47 Å². The summed E-state index contributed by atoms with van der Waals surface area (Å²) in [4.78, 5) is 5.17. The summed E-state index contributed by atoms with van der Waals surface area (Å²) in [7, 11) is -2.16. The molecule has 1 atom stereocenters. The zero-order valence-corrected chi connectivity index (χ0v) is 16.8. The first-order valence-electron chi connectivity index (χ1n) is 8.28. The fourth-order valence-corrected chi connectivity index (χ4v) is 5.17. The van der Waals surface area contributed by atoms with Gasteiger partial charge in [-0.2, -0.15) is 0 Å². The minimum atomic E-state index is -3.72. The quantitative estimate of drug-likeness (QED) is 0.592. The van der Waals surface area contributed by atoms with Crippen molar-refractivity contribution in [2.75, 3.05) is 13.7 Å². The summed E-state index contributed by atoms with van der Waals surface area (Å²) in [6.07, 6.45) is 3.49. The van der Waals surface area contributed by atoms with Crippen LogP contribution in [0.25, 0.3) is 10.9 Å². The summed E-state index contributed by atoms with van der Waals surface area (Å²) >= 11 is 3.51. The summed E-state index contributed by atoms with van der Waals surface area (Å²) in [6, 6.07) is 13.5. The number of methoxy groups -OCH3 is 1. The van der Waals surface area contributed by atoms with Gasteiger partial charge in [0.05, 0.1) is 51.4 Å². The van der Waals surface area contributed by atoms with E-state index in [1.54, 1.807) is 61.9 Å². The summed E-state index contributed by atoms with van der Waals surface area (Å²) in [5.74, 6) is 0.491. The van der Waals surface area contributed by atoms with Crippen LogP contribution in [0.1, 0.15) is 11.6 Å². The van der Waals surface area contributed by atoms with Crippen molar-refractivity contribution in [3.63, 3.8) is 0 Å². The number of ether oxygens (including phenoxy) is 2. The molecule has 138 valence electrons. The Morgan fingerprint density at radius 1 is 1.19 bits per heavy atom. The SMILES string of the molecule is COc1ccc2c(S(=O)(=O)c3ccccc3)cc(C3C=COC3)nc2c1Br. The fourth-order valence-electron chi connectivity index (χ4n) is 3.07. The van der Waals surface area contributed by atoms with Gasteiger partial charge in [-0.25, -0.2) is 8.42 Å². The number of rotatable bonds is 4. The van der Waals surface area contributed by atoms with Gasteiger partial charge in [0.15, 0.2) is 0 Å². The van der Waals surface area contributed by atoms with Crippen molar-refractivity contribution in [1.29, 1.82) is 0 Å². The van der Waals surface area contributed by atoms with E-state index < -0.39 is 9.84 Å². The number of pyridine rings is 1. The Labute approximate surface area is 165 Å². The third-order valence-corrected chi connectivity index (χ3v) is 7.07. The second kappa shape index (κ2) is 6.98. The standard InChI is InChI=1S/C20H16BrNO4S/c1-25-17-8-7-15-18(27(23,24)14-5-3-2-4-6-14)11-16(13-9-10-26-12-13)22-20(15)19(17)21/h2-11,13H,12H2,1H3. The number of sulfone groups is 1. The highest BCUT2D eigenvalue weighted by atomic mass is 79.9. The molecule has 0 saturated heterocycles. The second-order valence-corrected chi connectivity index (χ2v) is 8.82. The zero-order chi connectivity index (χ0) is 19.0. The van der Waals surface area contributed by atoms with Crippen molar-refractivity contribution in [3.8, 4) is 5.75 Å². The normalized spacial score (nSPS) is 16.4. The molecule has 0 amide bonds. The van der Waals surface area contributed by atoms with E-state index in [0.717, 1.165) is 0 Å². The smallest absolute Gasteiger partial charge is 0.207 e. The van der Waals surface area contributed by atoms with Crippen LogP contribution in [-0.4, -0.2) is 27.1 Å². The number of hydrogen-bond donors (Lipinski definition) is 0. The van der Waals surface area contributed by atoms with Gasteiger partial charge in [0.25, 0.3) is 0 Å². The van der Waals surface area contributed by atoms with Crippen LogP contribution in [-0.2, 0) is 14.6 Å². The molecule has 27 heavy (non-hydrogen) atoms. The maximum absolute atomic E-state index is 13.4. The molecule has 7 heteroatoms. The number of aromatic nitrogens is 1. The van der Waals surface area contributed by atoms with E-state index in [9.17, 15) is 8.42 Å². The van der Waals surface area contributed by atoms with Crippen molar-refractivity contribution in [1.82, 2.24) is 4.98 Å². The van der Waals surface area contributed by atoms with E-state index >= 15 is 0 Å². The second-order valence-electron chi connectivity index (χ2n) is 6.11. The van der Waals surface area contributed by atoms with E-state index in [0.29, 0.717) is 33.4 Å². The molecule has 2 aromatic carbocycles. The predicted molar refractivity (Wildman–Crippen MR) is 106 cm³/mol. The molecule has 1 aromatic heterocycles. The Hall–Kier alpha value is -2.38. The molecule has 0 fully saturated rings. The highest BCUT2D eigenvalue weighted by molar-refractivity contribution is 9.10. The third kappa shape index (κ3) is 3.11. The van der Waals surface area contributed by atoms with E-state index in [4.69, 9.17) is 14.5 Å². The van der Waals surface area contributed by atoms with E-state index in [2.05, 4.69) is 15.9 Å². The monoisotopic (exact) mass is 445 g/mol. The molecule has 5 nitrogen and oxygen atoms in total. The molecular weight excluding hydrogens is 430 g/mol. The Kier molecular flexibility index (Phi) is 4.65.